The average Bonchev–Trinajstić information content (AvgIpc) is 2.51. The first kappa shape index (κ1) is 14.2. The minimum atomic E-state index is -2.54. The number of phenols is 1. The van der Waals surface area contributed by atoms with Crippen molar-refractivity contribution < 1.29 is 13.9 Å². The predicted octanol–water partition coefficient (Wildman–Crippen LogP) is 2.76. The minimum absolute atomic E-state index is 0.0578. The summed E-state index contributed by atoms with van der Waals surface area (Å²) in [6.45, 7) is 2.48. The fourth-order valence-corrected chi connectivity index (χ4v) is 3.02. The van der Waals surface area contributed by atoms with Crippen molar-refractivity contribution in [2.75, 3.05) is 26.2 Å². The van der Waals surface area contributed by atoms with E-state index in [0.29, 0.717) is 37.1 Å². The van der Waals surface area contributed by atoms with E-state index >= 15 is 0 Å². The van der Waals surface area contributed by atoms with E-state index < -0.39 is 12.5 Å². The molecule has 0 radical (unpaired) electrons. The third-order valence-electron chi connectivity index (χ3n) is 4.03. The van der Waals surface area contributed by atoms with Gasteiger partial charge in [-0.05, 0) is 16.8 Å². The molecule has 1 atom stereocenters. The highest BCUT2D eigenvalue weighted by Crippen LogP contribution is 2.38. The van der Waals surface area contributed by atoms with Crippen molar-refractivity contribution >= 4 is 10.8 Å². The van der Waals surface area contributed by atoms with Gasteiger partial charge in [0.05, 0.1) is 0 Å². The molecule has 1 aliphatic rings. The quantitative estimate of drug-likeness (QED) is 0.913. The third kappa shape index (κ3) is 2.71. The number of aromatic hydroxyl groups is 1. The Kier molecular flexibility index (Phi) is 4.03. The van der Waals surface area contributed by atoms with Crippen molar-refractivity contribution in [2.24, 2.45) is 0 Å². The lowest BCUT2D eigenvalue weighted by molar-refractivity contribution is 0.0178. The Morgan fingerprint density at radius 3 is 2.48 bits per heavy atom. The maximum Gasteiger partial charge on any atom is 0.258 e. The van der Waals surface area contributed by atoms with Crippen LogP contribution in [0.4, 0.5) is 8.78 Å². The molecule has 0 aromatic heterocycles. The highest BCUT2D eigenvalue weighted by atomic mass is 19.3. The standard InChI is InChI=1S/C16H18F2N2O/c17-16(18)15(20-9-7-19-8-10-20)14-12-4-2-1-3-11(12)5-6-13(14)21/h1-6,15-16,19,21H,7-10H2/t15-/m0/s1. The Labute approximate surface area is 122 Å². The number of hydrogen-bond donors (Lipinski definition) is 2. The Bertz CT molecular complexity index is 627. The van der Waals surface area contributed by atoms with Gasteiger partial charge in [0.2, 0.25) is 0 Å². The summed E-state index contributed by atoms with van der Waals surface area (Å²) >= 11 is 0. The Balaban J connectivity index is 2.12. The van der Waals surface area contributed by atoms with Gasteiger partial charge in [-0.25, -0.2) is 8.78 Å². The summed E-state index contributed by atoms with van der Waals surface area (Å²) in [5, 5.41) is 14.9. The number of hydrogen-bond acceptors (Lipinski definition) is 3. The van der Waals surface area contributed by atoms with E-state index in [0.717, 1.165) is 5.39 Å². The smallest absolute Gasteiger partial charge is 0.258 e. The summed E-state index contributed by atoms with van der Waals surface area (Å²) in [7, 11) is 0. The monoisotopic (exact) mass is 292 g/mol. The molecule has 1 saturated heterocycles. The van der Waals surface area contributed by atoms with E-state index in [2.05, 4.69) is 5.32 Å². The van der Waals surface area contributed by atoms with Gasteiger partial charge in [0.25, 0.3) is 6.43 Å². The first-order valence-electron chi connectivity index (χ1n) is 7.12. The van der Waals surface area contributed by atoms with Crippen LogP contribution in [0, 0.1) is 0 Å². The number of phenolic OH excluding ortho intramolecular Hbond substituents is 1. The zero-order valence-corrected chi connectivity index (χ0v) is 11.6. The van der Waals surface area contributed by atoms with Gasteiger partial charge < -0.3 is 10.4 Å². The molecule has 3 rings (SSSR count). The molecule has 5 heteroatoms. The van der Waals surface area contributed by atoms with Crippen LogP contribution in [0.5, 0.6) is 5.75 Å². The second kappa shape index (κ2) is 5.95. The fourth-order valence-electron chi connectivity index (χ4n) is 3.02. The van der Waals surface area contributed by atoms with E-state index in [1.807, 2.05) is 18.2 Å². The van der Waals surface area contributed by atoms with Crippen LogP contribution in [0.3, 0.4) is 0 Å². The summed E-state index contributed by atoms with van der Waals surface area (Å²) in [5.41, 5.74) is 0.338. The van der Waals surface area contributed by atoms with Crippen molar-refractivity contribution in [1.29, 1.82) is 0 Å². The normalized spacial score (nSPS) is 18.2. The van der Waals surface area contributed by atoms with E-state index in [-0.39, 0.29) is 5.75 Å². The van der Waals surface area contributed by atoms with Gasteiger partial charge in [0, 0.05) is 31.7 Å². The zero-order chi connectivity index (χ0) is 14.8. The molecular formula is C16H18F2N2O. The predicted molar refractivity (Wildman–Crippen MR) is 78.8 cm³/mol. The molecule has 21 heavy (non-hydrogen) atoms. The molecule has 2 N–H and O–H groups in total. The van der Waals surface area contributed by atoms with Crippen LogP contribution >= 0.6 is 0 Å². The maximum atomic E-state index is 13.7. The summed E-state index contributed by atoms with van der Waals surface area (Å²) in [6.07, 6.45) is -2.54. The van der Waals surface area contributed by atoms with Gasteiger partial charge in [-0.3, -0.25) is 4.90 Å². The Hall–Kier alpha value is -1.72. The highest BCUT2D eigenvalue weighted by Gasteiger charge is 2.33. The van der Waals surface area contributed by atoms with E-state index in [1.165, 1.54) is 6.07 Å². The number of rotatable bonds is 3. The lowest BCUT2D eigenvalue weighted by Crippen LogP contribution is -2.47. The number of benzene rings is 2. The number of piperazine rings is 1. The van der Waals surface area contributed by atoms with Crippen molar-refractivity contribution in [3.63, 3.8) is 0 Å². The number of halogens is 2. The molecule has 1 aliphatic heterocycles. The van der Waals surface area contributed by atoms with Crippen LogP contribution in [0.25, 0.3) is 10.8 Å². The zero-order valence-electron chi connectivity index (χ0n) is 11.6. The molecule has 1 heterocycles. The minimum Gasteiger partial charge on any atom is -0.508 e. The summed E-state index contributed by atoms with van der Waals surface area (Å²) in [5.74, 6) is -0.0578. The average molecular weight is 292 g/mol. The Morgan fingerprint density at radius 2 is 1.76 bits per heavy atom. The van der Waals surface area contributed by atoms with Crippen molar-refractivity contribution in [3.8, 4) is 5.75 Å². The van der Waals surface area contributed by atoms with Gasteiger partial charge >= 0.3 is 0 Å². The first-order chi connectivity index (χ1) is 10.2. The van der Waals surface area contributed by atoms with Gasteiger partial charge in [0.15, 0.2) is 0 Å². The summed E-state index contributed by atoms with van der Waals surface area (Å²) in [6, 6.07) is 9.54. The van der Waals surface area contributed by atoms with Crippen molar-refractivity contribution in [1.82, 2.24) is 10.2 Å². The molecule has 2 aromatic rings. The van der Waals surface area contributed by atoms with E-state index in [9.17, 15) is 13.9 Å². The largest absolute Gasteiger partial charge is 0.508 e. The second-order valence-corrected chi connectivity index (χ2v) is 5.28. The molecule has 3 nitrogen and oxygen atoms in total. The molecule has 112 valence electrons. The number of nitrogens with one attached hydrogen (secondary N) is 1. The van der Waals surface area contributed by atoms with Crippen LogP contribution in [0.1, 0.15) is 11.6 Å². The third-order valence-corrected chi connectivity index (χ3v) is 4.03. The van der Waals surface area contributed by atoms with Crippen molar-refractivity contribution in [2.45, 2.75) is 12.5 Å². The van der Waals surface area contributed by atoms with E-state index in [4.69, 9.17) is 0 Å². The molecule has 0 amide bonds. The molecule has 1 fully saturated rings. The van der Waals surface area contributed by atoms with Crippen LogP contribution in [-0.2, 0) is 0 Å². The molecule has 0 aliphatic carbocycles. The SMILES string of the molecule is Oc1ccc2ccccc2c1[C@@H](C(F)F)N1CCNCC1. The van der Waals surface area contributed by atoms with Crippen LogP contribution in [0.2, 0.25) is 0 Å². The van der Waals surface area contributed by atoms with Gasteiger partial charge in [-0.1, -0.05) is 30.3 Å². The van der Waals surface area contributed by atoms with Crippen LogP contribution < -0.4 is 5.32 Å². The molecule has 2 aromatic carbocycles. The van der Waals surface area contributed by atoms with Gasteiger partial charge in [-0.15, -0.1) is 0 Å². The first-order valence-corrected chi connectivity index (χ1v) is 7.12. The molecule has 0 spiro atoms. The molecule has 0 saturated carbocycles. The number of fused-ring (bicyclic) bond motifs is 1. The summed E-state index contributed by atoms with van der Waals surface area (Å²) < 4.78 is 27.4. The highest BCUT2D eigenvalue weighted by molar-refractivity contribution is 5.88. The van der Waals surface area contributed by atoms with Crippen LogP contribution in [-0.4, -0.2) is 42.6 Å². The Morgan fingerprint density at radius 1 is 1.05 bits per heavy atom. The van der Waals surface area contributed by atoms with Crippen molar-refractivity contribution in [3.05, 3.63) is 42.0 Å². The summed E-state index contributed by atoms with van der Waals surface area (Å²) in [4.78, 5) is 1.75. The molecular weight excluding hydrogens is 274 g/mol. The van der Waals surface area contributed by atoms with E-state index in [1.54, 1.807) is 17.0 Å². The van der Waals surface area contributed by atoms with Crippen LogP contribution in [0.15, 0.2) is 36.4 Å². The number of alkyl halides is 2. The second-order valence-electron chi connectivity index (χ2n) is 5.28. The van der Waals surface area contributed by atoms with Gasteiger partial charge in [0.1, 0.15) is 11.8 Å². The molecule has 0 unspecified atom stereocenters. The maximum absolute atomic E-state index is 13.7. The topological polar surface area (TPSA) is 35.5 Å². The fraction of sp³-hybridized carbons (Fsp3) is 0.375. The lowest BCUT2D eigenvalue weighted by Gasteiger charge is -2.35. The lowest BCUT2D eigenvalue weighted by atomic mass is 9.96. The molecule has 0 bridgehead atoms. The van der Waals surface area contributed by atoms with Gasteiger partial charge in [-0.2, -0.15) is 0 Å². The number of nitrogens with zero attached hydrogens (tertiary/aromatic N) is 1.